The van der Waals surface area contributed by atoms with E-state index in [4.69, 9.17) is 4.74 Å². The Kier molecular flexibility index (Phi) is 6.31. The first-order chi connectivity index (χ1) is 8.54. The van der Waals surface area contributed by atoms with E-state index < -0.39 is 13.0 Å². The highest BCUT2D eigenvalue weighted by Crippen LogP contribution is 2.22. The molecule has 100 valence electrons. The van der Waals surface area contributed by atoms with Gasteiger partial charge < -0.3 is 10.1 Å². The second-order valence-electron chi connectivity index (χ2n) is 3.60. The number of hydrogen-bond acceptors (Lipinski definition) is 2. The Morgan fingerprint density at radius 1 is 1.50 bits per heavy atom. The number of hydrogen-bond donors (Lipinski definition) is 1. The molecule has 1 rings (SSSR count). The van der Waals surface area contributed by atoms with Crippen LogP contribution in [0.5, 0.6) is 5.75 Å². The molecule has 3 nitrogen and oxygen atoms in total. The summed E-state index contributed by atoms with van der Waals surface area (Å²) in [6.45, 7) is 1.86. The Bertz CT molecular complexity index is 413. The molecule has 0 fully saturated rings. The zero-order valence-corrected chi connectivity index (χ0v) is 12.0. The summed E-state index contributed by atoms with van der Waals surface area (Å²) in [5.74, 6) is 0.0789. The molecule has 0 saturated carbocycles. The molecular formula is C12H14F2INO2. The van der Waals surface area contributed by atoms with Gasteiger partial charge >= 0.3 is 0 Å². The van der Waals surface area contributed by atoms with Crippen molar-refractivity contribution in [1.82, 2.24) is 5.32 Å². The maximum atomic E-state index is 12.1. The summed E-state index contributed by atoms with van der Waals surface area (Å²) in [5, 5.41) is 2.72. The number of carbonyl (C=O) groups excluding carboxylic acids is 1. The van der Waals surface area contributed by atoms with Gasteiger partial charge in [0, 0.05) is 12.1 Å². The number of ether oxygens (including phenoxy) is 1. The third-order valence-electron chi connectivity index (χ3n) is 2.09. The molecule has 1 aromatic rings. The summed E-state index contributed by atoms with van der Waals surface area (Å²) in [7, 11) is 0. The van der Waals surface area contributed by atoms with Crippen LogP contribution in [0.3, 0.4) is 0 Å². The standard InChI is InChI=1S/C12H14F2INO2/c1-2-5-16-12(17)8-3-4-9(15)10(6-8)18-7-11(13)14/h3-4,6,11H,2,5,7H2,1H3,(H,16,17). The molecule has 18 heavy (non-hydrogen) atoms. The van der Waals surface area contributed by atoms with Crippen molar-refractivity contribution < 1.29 is 18.3 Å². The van der Waals surface area contributed by atoms with Crippen LogP contribution < -0.4 is 10.1 Å². The average molecular weight is 369 g/mol. The molecule has 0 radical (unpaired) electrons. The van der Waals surface area contributed by atoms with Crippen LogP contribution in [0.15, 0.2) is 18.2 Å². The highest BCUT2D eigenvalue weighted by atomic mass is 127. The first kappa shape index (κ1) is 15.1. The van der Waals surface area contributed by atoms with Crippen molar-refractivity contribution in [2.45, 2.75) is 19.8 Å². The predicted octanol–water partition coefficient (Wildman–Crippen LogP) is 3.07. The Morgan fingerprint density at radius 3 is 2.83 bits per heavy atom. The molecule has 0 saturated heterocycles. The number of nitrogens with one attached hydrogen (secondary N) is 1. The lowest BCUT2D eigenvalue weighted by Gasteiger charge is -2.10. The Hall–Kier alpha value is -0.920. The molecule has 1 amide bonds. The van der Waals surface area contributed by atoms with Crippen LogP contribution in [0.4, 0.5) is 8.78 Å². The maximum Gasteiger partial charge on any atom is 0.272 e. The van der Waals surface area contributed by atoms with Crippen LogP contribution in [0.2, 0.25) is 0 Å². The molecule has 0 unspecified atom stereocenters. The Labute approximate surface area is 118 Å². The van der Waals surface area contributed by atoms with Crippen molar-refractivity contribution in [3.05, 3.63) is 27.3 Å². The van der Waals surface area contributed by atoms with Crippen molar-refractivity contribution in [1.29, 1.82) is 0 Å². The zero-order chi connectivity index (χ0) is 13.5. The van der Waals surface area contributed by atoms with Crippen LogP contribution in [0, 0.1) is 3.57 Å². The SMILES string of the molecule is CCCNC(=O)c1ccc(I)c(OCC(F)F)c1. The third kappa shape index (κ3) is 4.75. The van der Waals surface area contributed by atoms with Gasteiger partial charge in [0.2, 0.25) is 0 Å². The molecule has 1 aromatic carbocycles. The van der Waals surface area contributed by atoms with E-state index in [9.17, 15) is 13.6 Å². The van der Waals surface area contributed by atoms with Crippen molar-refractivity contribution in [3.8, 4) is 5.75 Å². The smallest absolute Gasteiger partial charge is 0.272 e. The summed E-state index contributed by atoms with van der Waals surface area (Å²) in [5.41, 5.74) is 0.410. The van der Waals surface area contributed by atoms with Gasteiger partial charge in [-0.3, -0.25) is 4.79 Å². The van der Waals surface area contributed by atoms with Crippen molar-refractivity contribution in [3.63, 3.8) is 0 Å². The fraction of sp³-hybridized carbons (Fsp3) is 0.417. The highest BCUT2D eigenvalue weighted by Gasteiger charge is 2.11. The van der Waals surface area contributed by atoms with Crippen molar-refractivity contribution in [2.24, 2.45) is 0 Å². The van der Waals surface area contributed by atoms with Gasteiger partial charge in [0.15, 0.2) is 0 Å². The number of alkyl halides is 2. The minimum absolute atomic E-state index is 0.227. The highest BCUT2D eigenvalue weighted by molar-refractivity contribution is 14.1. The molecule has 0 spiro atoms. The third-order valence-corrected chi connectivity index (χ3v) is 2.98. The van der Waals surface area contributed by atoms with E-state index in [2.05, 4.69) is 5.32 Å². The molecule has 1 N–H and O–H groups in total. The van der Waals surface area contributed by atoms with Crippen LogP contribution in [-0.4, -0.2) is 25.5 Å². The summed E-state index contributed by atoms with van der Waals surface area (Å²) >= 11 is 1.97. The number of amides is 1. The van der Waals surface area contributed by atoms with E-state index in [0.29, 0.717) is 21.4 Å². The minimum Gasteiger partial charge on any atom is -0.487 e. The van der Waals surface area contributed by atoms with E-state index in [1.165, 1.54) is 6.07 Å². The molecular weight excluding hydrogens is 355 g/mol. The van der Waals surface area contributed by atoms with Crippen LogP contribution in [0.25, 0.3) is 0 Å². The van der Waals surface area contributed by atoms with E-state index in [1.807, 2.05) is 29.5 Å². The number of benzene rings is 1. The second kappa shape index (κ2) is 7.50. The molecule has 0 atom stereocenters. The van der Waals surface area contributed by atoms with Gasteiger partial charge in [-0.15, -0.1) is 0 Å². The largest absolute Gasteiger partial charge is 0.487 e. The molecule has 0 aromatic heterocycles. The quantitative estimate of drug-likeness (QED) is 0.783. The van der Waals surface area contributed by atoms with Gasteiger partial charge in [0.05, 0.1) is 3.57 Å². The fourth-order valence-electron chi connectivity index (χ4n) is 1.25. The number of rotatable bonds is 6. The Morgan fingerprint density at radius 2 is 2.22 bits per heavy atom. The topological polar surface area (TPSA) is 38.3 Å². The molecule has 0 heterocycles. The normalized spacial score (nSPS) is 10.5. The fourth-order valence-corrected chi connectivity index (χ4v) is 1.74. The maximum absolute atomic E-state index is 12.1. The molecule has 0 aliphatic carbocycles. The predicted molar refractivity (Wildman–Crippen MR) is 73.3 cm³/mol. The first-order valence-electron chi connectivity index (χ1n) is 5.53. The monoisotopic (exact) mass is 369 g/mol. The lowest BCUT2D eigenvalue weighted by atomic mass is 10.2. The first-order valence-corrected chi connectivity index (χ1v) is 6.61. The van der Waals surface area contributed by atoms with Gasteiger partial charge in [-0.2, -0.15) is 0 Å². The van der Waals surface area contributed by atoms with Gasteiger partial charge in [-0.1, -0.05) is 6.92 Å². The molecule has 6 heteroatoms. The van der Waals surface area contributed by atoms with Crippen LogP contribution >= 0.6 is 22.6 Å². The summed E-state index contributed by atoms with van der Waals surface area (Å²) in [4.78, 5) is 11.7. The van der Waals surface area contributed by atoms with Crippen LogP contribution in [0.1, 0.15) is 23.7 Å². The number of carbonyl (C=O) groups is 1. The minimum atomic E-state index is -2.53. The van der Waals surface area contributed by atoms with Crippen LogP contribution in [-0.2, 0) is 0 Å². The molecule has 0 aliphatic heterocycles. The van der Waals surface area contributed by atoms with Gasteiger partial charge in [0.1, 0.15) is 12.4 Å². The summed E-state index contributed by atoms with van der Waals surface area (Å²) in [6.07, 6.45) is -1.69. The summed E-state index contributed by atoms with van der Waals surface area (Å²) in [6, 6.07) is 4.79. The van der Waals surface area contributed by atoms with Gasteiger partial charge in [0.25, 0.3) is 12.3 Å². The number of halogens is 3. The van der Waals surface area contributed by atoms with E-state index in [0.717, 1.165) is 6.42 Å². The second-order valence-corrected chi connectivity index (χ2v) is 4.77. The summed E-state index contributed by atoms with van der Waals surface area (Å²) < 4.78 is 29.8. The molecule has 0 bridgehead atoms. The lowest BCUT2D eigenvalue weighted by molar-refractivity contribution is 0.0813. The van der Waals surface area contributed by atoms with Gasteiger partial charge in [-0.25, -0.2) is 8.78 Å². The Balaban J connectivity index is 2.76. The average Bonchev–Trinajstić information content (AvgIpc) is 2.34. The zero-order valence-electron chi connectivity index (χ0n) is 9.88. The lowest BCUT2D eigenvalue weighted by Crippen LogP contribution is -2.24. The van der Waals surface area contributed by atoms with Gasteiger partial charge in [-0.05, 0) is 47.2 Å². The van der Waals surface area contributed by atoms with Crippen molar-refractivity contribution >= 4 is 28.5 Å². The van der Waals surface area contributed by atoms with Crippen molar-refractivity contribution in [2.75, 3.05) is 13.2 Å². The van der Waals surface area contributed by atoms with E-state index in [1.54, 1.807) is 12.1 Å². The van der Waals surface area contributed by atoms with E-state index in [-0.39, 0.29) is 5.91 Å². The van der Waals surface area contributed by atoms with E-state index >= 15 is 0 Å². The molecule has 0 aliphatic rings.